The van der Waals surface area contributed by atoms with E-state index in [9.17, 15) is 9.18 Å². The van der Waals surface area contributed by atoms with Crippen LogP contribution in [-0.2, 0) is 13.5 Å². The average molecular weight is 233 g/mol. The molecular weight excluding hydrogens is 221 g/mol. The summed E-state index contributed by atoms with van der Waals surface area (Å²) in [7, 11) is 1.67. The molecule has 88 valence electrons. The van der Waals surface area contributed by atoms with Crippen LogP contribution in [0, 0.1) is 5.82 Å². The van der Waals surface area contributed by atoms with Crippen LogP contribution < -0.4 is 0 Å². The fraction of sp³-hybridized carbons (Fsp3) is 0.154. The van der Waals surface area contributed by atoms with Gasteiger partial charge in [-0.1, -0.05) is 18.2 Å². The molecule has 0 saturated carbocycles. The van der Waals surface area contributed by atoms with Gasteiger partial charge in [0.2, 0.25) is 0 Å². The second kappa shape index (κ2) is 4.41. The molecule has 4 heteroatoms. The minimum Gasteiger partial charge on any atom is -0.477 e. The Morgan fingerprint density at radius 3 is 2.59 bits per heavy atom. The molecular formula is C13H12FNO2. The lowest BCUT2D eigenvalue weighted by Crippen LogP contribution is -2.07. The first-order valence-corrected chi connectivity index (χ1v) is 5.21. The summed E-state index contributed by atoms with van der Waals surface area (Å²) in [5.74, 6) is -1.25. The van der Waals surface area contributed by atoms with E-state index in [0.717, 1.165) is 5.69 Å². The first-order valence-electron chi connectivity index (χ1n) is 5.21. The minimum absolute atomic E-state index is 0.205. The number of rotatable bonds is 3. The largest absolute Gasteiger partial charge is 0.477 e. The van der Waals surface area contributed by atoms with Crippen LogP contribution in [-0.4, -0.2) is 15.6 Å². The molecule has 17 heavy (non-hydrogen) atoms. The van der Waals surface area contributed by atoms with Crippen molar-refractivity contribution in [2.75, 3.05) is 0 Å². The number of aromatic nitrogens is 1. The lowest BCUT2D eigenvalue weighted by atomic mass is 10.1. The quantitative estimate of drug-likeness (QED) is 0.884. The maximum Gasteiger partial charge on any atom is 0.352 e. The van der Waals surface area contributed by atoms with Crippen LogP contribution in [0.4, 0.5) is 4.39 Å². The minimum atomic E-state index is -0.979. The Balaban J connectivity index is 2.31. The van der Waals surface area contributed by atoms with Crippen molar-refractivity contribution in [2.24, 2.45) is 7.05 Å². The molecule has 1 aromatic heterocycles. The highest BCUT2D eigenvalue weighted by Crippen LogP contribution is 2.15. The van der Waals surface area contributed by atoms with E-state index in [1.54, 1.807) is 35.9 Å². The van der Waals surface area contributed by atoms with Crippen molar-refractivity contribution in [2.45, 2.75) is 6.42 Å². The maximum atomic E-state index is 13.4. The molecule has 0 fully saturated rings. The predicted octanol–water partition coefficient (Wildman–Crippen LogP) is 2.45. The number of hydrogen-bond acceptors (Lipinski definition) is 1. The monoisotopic (exact) mass is 233 g/mol. The molecule has 0 aliphatic carbocycles. The first kappa shape index (κ1) is 11.4. The Kier molecular flexibility index (Phi) is 2.95. The van der Waals surface area contributed by atoms with Crippen LogP contribution in [0.5, 0.6) is 0 Å². The number of nitrogens with zero attached hydrogens (tertiary/aromatic N) is 1. The third-order valence-electron chi connectivity index (χ3n) is 2.77. The third kappa shape index (κ3) is 2.20. The van der Waals surface area contributed by atoms with Gasteiger partial charge in [0.1, 0.15) is 11.5 Å². The van der Waals surface area contributed by atoms with Crippen molar-refractivity contribution in [1.82, 2.24) is 4.57 Å². The predicted molar refractivity (Wildman–Crippen MR) is 61.6 cm³/mol. The molecule has 0 saturated heterocycles. The molecule has 0 radical (unpaired) electrons. The van der Waals surface area contributed by atoms with Gasteiger partial charge in [-0.25, -0.2) is 9.18 Å². The molecule has 1 N–H and O–H groups in total. The number of hydrogen-bond donors (Lipinski definition) is 1. The summed E-state index contributed by atoms with van der Waals surface area (Å²) in [6.45, 7) is 0. The molecule has 0 bridgehead atoms. The molecule has 0 amide bonds. The lowest BCUT2D eigenvalue weighted by Gasteiger charge is -2.06. The van der Waals surface area contributed by atoms with Crippen molar-refractivity contribution in [3.63, 3.8) is 0 Å². The molecule has 0 aliphatic rings. The zero-order chi connectivity index (χ0) is 12.4. The van der Waals surface area contributed by atoms with Crippen molar-refractivity contribution >= 4 is 5.97 Å². The summed E-state index contributed by atoms with van der Waals surface area (Å²) < 4.78 is 15.0. The van der Waals surface area contributed by atoms with Gasteiger partial charge in [-0.05, 0) is 23.8 Å². The van der Waals surface area contributed by atoms with Crippen molar-refractivity contribution in [3.8, 4) is 0 Å². The normalized spacial score (nSPS) is 10.5. The van der Waals surface area contributed by atoms with E-state index >= 15 is 0 Å². The summed E-state index contributed by atoms with van der Waals surface area (Å²) in [4.78, 5) is 10.9. The van der Waals surface area contributed by atoms with Gasteiger partial charge >= 0.3 is 5.97 Å². The van der Waals surface area contributed by atoms with Gasteiger partial charge in [-0.15, -0.1) is 0 Å². The maximum absolute atomic E-state index is 13.4. The van der Waals surface area contributed by atoms with Crippen LogP contribution >= 0.6 is 0 Å². The Hall–Kier alpha value is -2.10. The van der Waals surface area contributed by atoms with Crippen LogP contribution in [0.2, 0.25) is 0 Å². The number of halogens is 1. The van der Waals surface area contributed by atoms with E-state index in [1.807, 2.05) is 0 Å². The SMILES string of the molecule is Cn1c(Cc2ccccc2F)ccc1C(=O)O. The lowest BCUT2D eigenvalue weighted by molar-refractivity contribution is 0.0686. The summed E-state index contributed by atoms with van der Waals surface area (Å²) in [6.07, 6.45) is 0.385. The van der Waals surface area contributed by atoms with Crippen LogP contribution in [0.25, 0.3) is 0 Å². The molecule has 2 aromatic rings. The van der Waals surface area contributed by atoms with Crippen LogP contribution in [0.15, 0.2) is 36.4 Å². The van der Waals surface area contributed by atoms with Crippen LogP contribution in [0.1, 0.15) is 21.7 Å². The zero-order valence-electron chi connectivity index (χ0n) is 9.35. The zero-order valence-corrected chi connectivity index (χ0v) is 9.35. The van der Waals surface area contributed by atoms with Gasteiger partial charge in [0.25, 0.3) is 0 Å². The van der Waals surface area contributed by atoms with Gasteiger partial charge < -0.3 is 9.67 Å². The van der Waals surface area contributed by atoms with Crippen molar-refractivity contribution in [3.05, 3.63) is 59.2 Å². The first-order chi connectivity index (χ1) is 8.09. The summed E-state index contributed by atoms with van der Waals surface area (Å²) in [6, 6.07) is 9.72. The van der Waals surface area contributed by atoms with Crippen molar-refractivity contribution < 1.29 is 14.3 Å². The number of carboxylic acids is 1. The topological polar surface area (TPSA) is 42.2 Å². The summed E-state index contributed by atoms with van der Waals surface area (Å²) in [5.41, 5.74) is 1.54. The van der Waals surface area contributed by atoms with E-state index in [2.05, 4.69) is 0 Å². The standard InChI is InChI=1S/C13H12FNO2/c1-15-10(6-7-12(15)13(16)17)8-9-4-2-3-5-11(9)14/h2-7H,8H2,1H3,(H,16,17). The summed E-state index contributed by atoms with van der Waals surface area (Å²) >= 11 is 0. The Bertz CT molecular complexity index is 560. The van der Waals surface area contributed by atoms with E-state index in [0.29, 0.717) is 12.0 Å². The number of benzene rings is 1. The fourth-order valence-electron chi connectivity index (χ4n) is 1.78. The molecule has 1 aromatic carbocycles. The molecule has 3 nitrogen and oxygen atoms in total. The average Bonchev–Trinajstić information content (AvgIpc) is 2.64. The highest BCUT2D eigenvalue weighted by Gasteiger charge is 2.12. The Labute approximate surface area is 98.1 Å². The number of carboxylic acid groups (broad SMARTS) is 1. The van der Waals surface area contributed by atoms with E-state index < -0.39 is 5.97 Å². The highest BCUT2D eigenvalue weighted by molar-refractivity contribution is 5.86. The van der Waals surface area contributed by atoms with Crippen LogP contribution in [0.3, 0.4) is 0 Å². The van der Waals surface area contributed by atoms with E-state index in [1.165, 1.54) is 12.1 Å². The molecule has 0 spiro atoms. The van der Waals surface area contributed by atoms with E-state index in [4.69, 9.17) is 5.11 Å². The fourth-order valence-corrected chi connectivity index (χ4v) is 1.78. The smallest absolute Gasteiger partial charge is 0.352 e. The Morgan fingerprint density at radius 1 is 1.29 bits per heavy atom. The van der Waals surface area contributed by atoms with Gasteiger partial charge in [0, 0.05) is 19.2 Å². The second-order valence-corrected chi connectivity index (χ2v) is 3.84. The molecule has 0 aliphatic heterocycles. The highest BCUT2D eigenvalue weighted by atomic mass is 19.1. The molecule has 0 unspecified atom stereocenters. The van der Waals surface area contributed by atoms with Gasteiger partial charge in [0.15, 0.2) is 0 Å². The second-order valence-electron chi connectivity index (χ2n) is 3.84. The molecule has 1 heterocycles. The third-order valence-corrected chi connectivity index (χ3v) is 2.77. The number of aromatic carboxylic acids is 1. The van der Waals surface area contributed by atoms with Gasteiger partial charge in [-0.3, -0.25) is 0 Å². The Morgan fingerprint density at radius 2 is 2.00 bits per heavy atom. The van der Waals surface area contributed by atoms with Crippen molar-refractivity contribution in [1.29, 1.82) is 0 Å². The van der Waals surface area contributed by atoms with Gasteiger partial charge in [-0.2, -0.15) is 0 Å². The van der Waals surface area contributed by atoms with E-state index in [-0.39, 0.29) is 11.5 Å². The molecule has 0 atom stereocenters. The number of carbonyl (C=O) groups is 1. The van der Waals surface area contributed by atoms with Gasteiger partial charge in [0.05, 0.1) is 0 Å². The summed E-state index contributed by atoms with van der Waals surface area (Å²) in [5, 5.41) is 8.90. The molecule has 2 rings (SSSR count).